The Morgan fingerprint density at radius 1 is 1.25 bits per heavy atom. The monoisotopic (exact) mass is 332 g/mol. The first-order valence-corrected chi connectivity index (χ1v) is 8.07. The summed E-state index contributed by atoms with van der Waals surface area (Å²) in [5.74, 6) is -1.93. The maximum atomic E-state index is 12.5. The summed E-state index contributed by atoms with van der Waals surface area (Å²) in [5, 5.41) is 2.22. The lowest BCUT2D eigenvalue weighted by atomic mass is 9.88. The third kappa shape index (κ3) is 4.50. The van der Waals surface area contributed by atoms with Crippen LogP contribution in [-0.2, 0) is 9.59 Å². The van der Waals surface area contributed by atoms with Crippen LogP contribution in [0.25, 0.3) is 0 Å². The minimum absolute atomic E-state index is 0.0628. The van der Waals surface area contributed by atoms with E-state index in [0.717, 1.165) is 5.56 Å². The van der Waals surface area contributed by atoms with Gasteiger partial charge in [0.15, 0.2) is 11.6 Å². The van der Waals surface area contributed by atoms with E-state index in [-0.39, 0.29) is 47.1 Å². The van der Waals surface area contributed by atoms with Crippen molar-refractivity contribution in [1.29, 1.82) is 0 Å². The van der Waals surface area contributed by atoms with Gasteiger partial charge in [-0.2, -0.15) is 0 Å². The highest BCUT2D eigenvalue weighted by molar-refractivity contribution is 6.12. The minimum Gasteiger partial charge on any atom is -0.398 e. The Labute approximate surface area is 141 Å². The molecular weight excluding hydrogens is 308 g/mol. The van der Waals surface area contributed by atoms with Crippen LogP contribution in [-0.4, -0.2) is 23.4 Å². The molecule has 1 aromatic carbocycles. The van der Waals surface area contributed by atoms with Crippen LogP contribution in [0.15, 0.2) is 12.1 Å². The van der Waals surface area contributed by atoms with Gasteiger partial charge in [0.25, 0.3) is 0 Å². The topological polar surface area (TPSA) is 106 Å². The highest BCUT2D eigenvalue weighted by Gasteiger charge is 2.30. The fourth-order valence-corrected chi connectivity index (χ4v) is 2.66. The Kier molecular flexibility index (Phi) is 6.82. The smallest absolute Gasteiger partial charge is 0.230 e. The summed E-state index contributed by atoms with van der Waals surface area (Å²) in [6.07, 6.45) is 0.483. The number of nitrogens with two attached hydrogens (primary N) is 1. The number of hydrogen-bond acceptors (Lipinski definition) is 5. The molecule has 6 nitrogen and oxygen atoms in total. The van der Waals surface area contributed by atoms with E-state index < -0.39 is 11.8 Å². The Morgan fingerprint density at radius 3 is 2.42 bits per heavy atom. The number of nitrogen functional groups attached to an aromatic ring is 1. The zero-order chi connectivity index (χ0) is 18.4. The molecule has 1 aliphatic rings. The van der Waals surface area contributed by atoms with E-state index in [9.17, 15) is 19.2 Å². The molecule has 0 saturated carbocycles. The number of Topliss-reactive ketones (excluding diaryl/α,β-unsaturated/α-hetero) is 2. The summed E-state index contributed by atoms with van der Waals surface area (Å²) in [5.41, 5.74) is 7.37. The molecule has 1 aliphatic heterocycles. The number of anilines is 1. The molecule has 1 fully saturated rings. The van der Waals surface area contributed by atoms with Crippen LogP contribution >= 0.6 is 0 Å². The molecule has 1 atom stereocenters. The van der Waals surface area contributed by atoms with Gasteiger partial charge in [0.2, 0.25) is 11.8 Å². The van der Waals surface area contributed by atoms with Crippen LogP contribution in [0.3, 0.4) is 0 Å². The van der Waals surface area contributed by atoms with Crippen molar-refractivity contribution in [3.63, 3.8) is 0 Å². The molecule has 1 saturated heterocycles. The first kappa shape index (κ1) is 19.5. The van der Waals surface area contributed by atoms with E-state index in [1.54, 1.807) is 19.1 Å². The summed E-state index contributed by atoms with van der Waals surface area (Å²) < 4.78 is 0. The summed E-state index contributed by atoms with van der Waals surface area (Å²) in [4.78, 5) is 47.1. The first-order valence-electron chi connectivity index (χ1n) is 8.07. The number of carbonyl (C=O) groups excluding carboxylic acids is 4. The van der Waals surface area contributed by atoms with Crippen LogP contribution in [0.4, 0.5) is 5.69 Å². The van der Waals surface area contributed by atoms with Crippen molar-refractivity contribution in [2.75, 3.05) is 5.73 Å². The third-order valence-corrected chi connectivity index (χ3v) is 3.76. The fraction of sp³-hybridized carbons (Fsp3) is 0.444. The van der Waals surface area contributed by atoms with Gasteiger partial charge in [-0.15, -0.1) is 0 Å². The highest BCUT2D eigenvalue weighted by atomic mass is 16.2. The maximum Gasteiger partial charge on any atom is 0.230 e. The van der Waals surface area contributed by atoms with Crippen molar-refractivity contribution in [2.24, 2.45) is 5.92 Å². The second-order valence-electron chi connectivity index (χ2n) is 5.61. The number of rotatable bonds is 4. The van der Waals surface area contributed by atoms with Crippen LogP contribution < -0.4 is 11.1 Å². The van der Waals surface area contributed by atoms with E-state index in [2.05, 4.69) is 5.32 Å². The second kappa shape index (κ2) is 8.38. The quantitative estimate of drug-likeness (QED) is 0.500. The van der Waals surface area contributed by atoms with Gasteiger partial charge in [-0.1, -0.05) is 13.8 Å². The molecule has 2 amide bonds. The number of carbonyl (C=O) groups is 4. The van der Waals surface area contributed by atoms with Gasteiger partial charge >= 0.3 is 0 Å². The molecule has 6 heteroatoms. The van der Waals surface area contributed by atoms with Crippen molar-refractivity contribution in [3.8, 4) is 0 Å². The first-order chi connectivity index (χ1) is 11.3. The number of aryl methyl sites for hydroxylation is 1. The van der Waals surface area contributed by atoms with Gasteiger partial charge in [0, 0.05) is 30.0 Å². The summed E-state index contributed by atoms with van der Waals surface area (Å²) in [6, 6.07) is 3.25. The van der Waals surface area contributed by atoms with E-state index in [1.165, 1.54) is 6.92 Å². The normalized spacial score (nSPS) is 16.8. The predicted octanol–water partition coefficient (Wildman–Crippen LogP) is 2.43. The molecule has 2 rings (SSSR count). The Hall–Kier alpha value is -2.50. The summed E-state index contributed by atoms with van der Waals surface area (Å²) in [7, 11) is 0. The van der Waals surface area contributed by atoms with Gasteiger partial charge in [0.05, 0.1) is 5.56 Å². The van der Waals surface area contributed by atoms with Gasteiger partial charge < -0.3 is 5.73 Å². The summed E-state index contributed by atoms with van der Waals surface area (Å²) in [6.45, 7) is 7.16. The molecule has 130 valence electrons. The Bertz CT molecular complexity index is 680. The number of imide groups is 1. The average molecular weight is 332 g/mol. The lowest BCUT2D eigenvalue weighted by Crippen LogP contribution is -2.41. The van der Waals surface area contributed by atoms with Crippen LogP contribution in [0.2, 0.25) is 0 Å². The van der Waals surface area contributed by atoms with Crippen molar-refractivity contribution in [3.05, 3.63) is 28.8 Å². The van der Waals surface area contributed by atoms with Crippen molar-refractivity contribution in [2.45, 2.75) is 47.0 Å². The highest BCUT2D eigenvalue weighted by Crippen LogP contribution is 2.25. The molecule has 1 aromatic rings. The van der Waals surface area contributed by atoms with Crippen molar-refractivity contribution >= 4 is 29.1 Å². The number of ketones is 2. The molecule has 0 aromatic heterocycles. The van der Waals surface area contributed by atoms with Crippen LogP contribution in [0, 0.1) is 12.8 Å². The zero-order valence-electron chi connectivity index (χ0n) is 14.6. The molecule has 0 radical (unpaired) electrons. The standard InChI is InChI=1S/C16H18N2O4.C2H6/c1-8-5-11(9(2)19)15(12(17)6-8)13(20)7-10-3-4-14(21)18-16(10)22;1-2/h5-6,10H,3-4,7,17H2,1-2H3,(H,18,21,22);1-2H3. The van der Waals surface area contributed by atoms with E-state index >= 15 is 0 Å². The third-order valence-electron chi connectivity index (χ3n) is 3.76. The predicted molar refractivity (Wildman–Crippen MR) is 91.8 cm³/mol. The number of piperidine rings is 1. The van der Waals surface area contributed by atoms with Gasteiger partial charge in [0.1, 0.15) is 0 Å². The molecule has 1 heterocycles. The van der Waals surface area contributed by atoms with E-state index in [4.69, 9.17) is 5.73 Å². The van der Waals surface area contributed by atoms with Crippen LogP contribution in [0.1, 0.15) is 66.3 Å². The number of amides is 2. The van der Waals surface area contributed by atoms with Gasteiger partial charge in [-0.3, -0.25) is 24.5 Å². The largest absolute Gasteiger partial charge is 0.398 e. The molecule has 24 heavy (non-hydrogen) atoms. The molecule has 3 N–H and O–H groups in total. The summed E-state index contributed by atoms with van der Waals surface area (Å²) >= 11 is 0. The van der Waals surface area contributed by atoms with Crippen molar-refractivity contribution < 1.29 is 19.2 Å². The van der Waals surface area contributed by atoms with E-state index in [1.807, 2.05) is 13.8 Å². The van der Waals surface area contributed by atoms with Crippen molar-refractivity contribution in [1.82, 2.24) is 5.32 Å². The maximum absolute atomic E-state index is 12.5. The Balaban J connectivity index is 0.00000139. The van der Waals surface area contributed by atoms with Gasteiger partial charge in [-0.25, -0.2) is 0 Å². The Morgan fingerprint density at radius 2 is 1.88 bits per heavy atom. The number of hydrogen-bond donors (Lipinski definition) is 2. The fourth-order valence-electron chi connectivity index (χ4n) is 2.66. The van der Waals surface area contributed by atoms with E-state index in [0.29, 0.717) is 6.42 Å². The zero-order valence-corrected chi connectivity index (χ0v) is 14.6. The molecule has 1 unspecified atom stereocenters. The number of benzene rings is 1. The second-order valence-corrected chi connectivity index (χ2v) is 5.61. The number of nitrogens with one attached hydrogen (secondary N) is 1. The van der Waals surface area contributed by atoms with Crippen LogP contribution in [0.5, 0.6) is 0 Å². The SMILES string of the molecule is CC.CC(=O)c1cc(C)cc(N)c1C(=O)CC1CCC(=O)NC1=O. The van der Waals surface area contributed by atoms with Gasteiger partial charge in [-0.05, 0) is 38.0 Å². The minimum atomic E-state index is -0.564. The molecule has 0 aliphatic carbocycles. The lowest BCUT2D eigenvalue weighted by Gasteiger charge is -2.21. The average Bonchev–Trinajstić information content (AvgIpc) is 2.51. The molecule has 0 spiro atoms. The molecular formula is C18H24N2O4. The molecule has 0 bridgehead atoms. The lowest BCUT2D eigenvalue weighted by molar-refractivity contribution is -0.136.